The number of anilines is 3. The number of aromatic nitrogens is 1. The summed E-state index contributed by atoms with van der Waals surface area (Å²) >= 11 is 0. The maximum atomic E-state index is 6.24. The molecule has 6 heteroatoms. The van der Waals surface area contributed by atoms with E-state index in [1.165, 1.54) is 19.3 Å². The van der Waals surface area contributed by atoms with Crippen molar-refractivity contribution in [3.05, 3.63) is 12.1 Å². The molecular formula is C16H22N4O2. The highest BCUT2D eigenvalue weighted by atomic mass is 16.5. The van der Waals surface area contributed by atoms with Gasteiger partial charge in [-0.15, -0.1) is 0 Å². The number of nitrogens with zero attached hydrogens (tertiary/aromatic N) is 3. The predicted octanol–water partition coefficient (Wildman–Crippen LogP) is 2.24. The van der Waals surface area contributed by atoms with Crippen LogP contribution in [0.4, 0.5) is 17.4 Å². The summed E-state index contributed by atoms with van der Waals surface area (Å²) in [5, 5.41) is 0. The lowest BCUT2D eigenvalue weighted by atomic mass is 10.1. The van der Waals surface area contributed by atoms with Crippen LogP contribution < -0.4 is 15.5 Å². The molecule has 118 valence electrons. The highest BCUT2D eigenvalue weighted by molar-refractivity contribution is 5.86. The molecule has 4 rings (SSSR count). The molecule has 0 aliphatic carbocycles. The van der Waals surface area contributed by atoms with Gasteiger partial charge in [0.2, 0.25) is 0 Å². The first-order valence-corrected chi connectivity index (χ1v) is 8.09. The molecule has 0 atom stereocenters. The van der Waals surface area contributed by atoms with Crippen LogP contribution in [0.1, 0.15) is 19.3 Å². The summed E-state index contributed by atoms with van der Waals surface area (Å²) in [6.07, 6.45) is 3.77. The first-order chi connectivity index (χ1) is 10.8. The highest BCUT2D eigenvalue weighted by Gasteiger charge is 2.20. The van der Waals surface area contributed by atoms with Crippen LogP contribution in [0.3, 0.4) is 0 Å². The lowest BCUT2D eigenvalue weighted by Crippen LogP contribution is -2.36. The van der Waals surface area contributed by atoms with Crippen LogP contribution in [0.15, 0.2) is 16.5 Å². The molecule has 2 N–H and O–H groups in total. The lowest BCUT2D eigenvalue weighted by molar-refractivity contribution is 0.120. The van der Waals surface area contributed by atoms with Crippen molar-refractivity contribution >= 4 is 28.5 Å². The smallest absolute Gasteiger partial charge is 0.298 e. The van der Waals surface area contributed by atoms with Crippen LogP contribution in [0, 0.1) is 0 Å². The summed E-state index contributed by atoms with van der Waals surface area (Å²) in [5.41, 5.74) is 9.76. The van der Waals surface area contributed by atoms with Crippen LogP contribution in [-0.4, -0.2) is 44.4 Å². The van der Waals surface area contributed by atoms with Crippen molar-refractivity contribution in [2.45, 2.75) is 19.3 Å². The molecule has 0 radical (unpaired) electrons. The van der Waals surface area contributed by atoms with Gasteiger partial charge >= 0.3 is 0 Å². The number of morpholine rings is 1. The molecule has 2 fully saturated rings. The van der Waals surface area contributed by atoms with Crippen molar-refractivity contribution in [3.8, 4) is 0 Å². The van der Waals surface area contributed by atoms with E-state index in [1.54, 1.807) is 0 Å². The Morgan fingerprint density at radius 3 is 2.50 bits per heavy atom. The number of ether oxygens (including phenoxy) is 1. The third kappa shape index (κ3) is 2.47. The summed E-state index contributed by atoms with van der Waals surface area (Å²) in [6.45, 7) is 5.23. The molecular weight excluding hydrogens is 280 g/mol. The van der Waals surface area contributed by atoms with Gasteiger partial charge in [-0.3, -0.25) is 0 Å². The Hall–Kier alpha value is -1.95. The van der Waals surface area contributed by atoms with Crippen molar-refractivity contribution in [2.24, 2.45) is 0 Å². The number of rotatable bonds is 2. The molecule has 1 aromatic heterocycles. The molecule has 0 spiro atoms. The number of fused-ring (bicyclic) bond motifs is 1. The maximum Gasteiger partial charge on any atom is 0.298 e. The van der Waals surface area contributed by atoms with Gasteiger partial charge in [0.1, 0.15) is 5.52 Å². The second-order valence-corrected chi connectivity index (χ2v) is 6.02. The van der Waals surface area contributed by atoms with E-state index in [9.17, 15) is 0 Å². The Morgan fingerprint density at radius 1 is 0.955 bits per heavy atom. The zero-order valence-corrected chi connectivity index (χ0v) is 12.8. The minimum Gasteiger partial charge on any atom is -0.423 e. The van der Waals surface area contributed by atoms with E-state index < -0.39 is 0 Å². The SMILES string of the molecule is Nc1cc2oc(N3CCOCC3)nc2cc1N1CCCCC1. The van der Waals surface area contributed by atoms with Crippen LogP contribution in [0.25, 0.3) is 11.1 Å². The first-order valence-electron chi connectivity index (χ1n) is 8.09. The third-order valence-electron chi connectivity index (χ3n) is 4.50. The number of piperidine rings is 1. The van der Waals surface area contributed by atoms with E-state index in [-0.39, 0.29) is 0 Å². The Kier molecular flexibility index (Phi) is 3.54. The van der Waals surface area contributed by atoms with Gasteiger partial charge in [-0.25, -0.2) is 0 Å². The average Bonchev–Trinajstić information content (AvgIpc) is 2.98. The largest absolute Gasteiger partial charge is 0.423 e. The summed E-state index contributed by atoms with van der Waals surface area (Å²) in [6, 6.07) is 4.66. The van der Waals surface area contributed by atoms with Crippen molar-refractivity contribution in [2.75, 3.05) is 54.9 Å². The fourth-order valence-electron chi connectivity index (χ4n) is 3.26. The molecule has 2 aliphatic rings. The van der Waals surface area contributed by atoms with Crippen molar-refractivity contribution < 1.29 is 9.15 Å². The molecule has 2 aromatic rings. The van der Waals surface area contributed by atoms with E-state index in [2.05, 4.69) is 20.9 Å². The number of nitrogens with two attached hydrogens (primary N) is 1. The topological polar surface area (TPSA) is 67.8 Å². The van der Waals surface area contributed by atoms with Gasteiger partial charge < -0.3 is 24.7 Å². The zero-order chi connectivity index (χ0) is 14.9. The number of hydrogen-bond acceptors (Lipinski definition) is 6. The molecule has 2 aliphatic heterocycles. The van der Waals surface area contributed by atoms with Crippen LogP contribution in [0.2, 0.25) is 0 Å². The zero-order valence-electron chi connectivity index (χ0n) is 12.8. The van der Waals surface area contributed by atoms with Crippen molar-refractivity contribution in [1.82, 2.24) is 4.98 Å². The van der Waals surface area contributed by atoms with E-state index in [1.807, 2.05) is 6.07 Å². The second-order valence-electron chi connectivity index (χ2n) is 6.02. The molecule has 3 heterocycles. The van der Waals surface area contributed by atoms with Gasteiger partial charge in [0.25, 0.3) is 6.01 Å². The van der Waals surface area contributed by atoms with Gasteiger partial charge in [0.05, 0.1) is 24.6 Å². The first kappa shape index (κ1) is 13.7. The fraction of sp³-hybridized carbons (Fsp3) is 0.562. The monoisotopic (exact) mass is 302 g/mol. The van der Waals surface area contributed by atoms with E-state index >= 15 is 0 Å². The number of nitrogen functional groups attached to an aromatic ring is 1. The van der Waals surface area contributed by atoms with Gasteiger partial charge in [-0.2, -0.15) is 4.98 Å². The number of hydrogen-bond donors (Lipinski definition) is 1. The van der Waals surface area contributed by atoms with E-state index in [0.29, 0.717) is 6.01 Å². The quantitative estimate of drug-likeness (QED) is 0.858. The number of oxazole rings is 1. The minimum atomic E-state index is 0.675. The van der Waals surface area contributed by atoms with Gasteiger partial charge in [0.15, 0.2) is 5.58 Å². The summed E-state index contributed by atoms with van der Waals surface area (Å²) in [7, 11) is 0. The fourth-order valence-corrected chi connectivity index (χ4v) is 3.26. The number of benzene rings is 1. The summed E-state index contributed by atoms with van der Waals surface area (Å²) in [4.78, 5) is 9.14. The Labute approximate surface area is 129 Å². The Morgan fingerprint density at radius 2 is 1.73 bits per heavy atom. The average molecular weight is 302 g/mol. The predicted molar refractivity (Wildman–Crippen MR) is 87.5 cm³/mol. The normalized spacial score (nSPS) is 19.8. The molecule has 0 unspecified atom stereocenters. The third-order valence-corrected chi connectivity index (χ3v) is 4.50. The lowest BCUT2D eigenvalue weighted by Gasteiger charge is -2.29. The van der Waals surface area contributed by atoms with Gasteiger partial charge in [0, 0.05) is 32.2 Å². The molecule has 1 aromatic carbocycles. The molecule has 22 heavy (non-hydrogen) atoms. The highest BCUT2D eigenvalue weighted by Crippen LogP contribution is 2.33. The summed E-state index contributed by atoms with van der Waals surface area (Å²) < 4.78 is 11.3. The maximum absolute atomic E-state index is 6.24. The van der Waals surface area contributed by atoms with Crippen molar-refractivity contribution in [3.63, 3.8) is 0 Å². The molecule has 0 bridgehead atoms. The van der Waals surface area contributed by atoms with Crippen LogP contribution in [-0.2, 0) is 4.74 Å². The molecule has 0 saturated carbocycles. The van der Waals surface area contributed by atoms with Crippen molar-refractivity contribution in [1.29, 1.82) is 0 Å². The molecule has 2 saturated heterocycles. The molecule has 0 amide bonds. The van der Waals surface area contributed by atoms with Crippen LogP contribution >= 0.6 is 0 Å². The summed E-state index contributed by atoms with van der Waals surface area (Å²) in [5.74, 6) is 0. The molecule has 6 nitrogen and oxygen atoms in total. The van der Waals surface area contributed by atoms with E-state index in [4.69, 9.17) is 14.9 Å². The second kappa shape index (κ2) is 5.68. The Bertz CT molecular complexity index is 657. The Balaban J connectivity index is 1.67. The van der Waals surface area contributed by atoms with Crippen LogP contribution in [0.5, 0.6) is 0 Å². The van der Waals surface area contributed by atoms with Gasteiger partial charge in [-0.1, -0.05) is 0 Å². The standard InChI is InChI=1S/C16H22N4O2/c17-12-10-15-13(11-14(12)19-4-2-1-3-5-19)18-16(22-15)20-6-8-21-9-7-20/h10-11H,1-9,17H2. The van der Waals surface area contributed by atoms with E-state index in [0.717, 1.165) is 61.9 Å². The minimum absolute atomic E-state index is 0.675. The van der Waals surface area contributed by atoms with Gasteiger partial charge in [-0.05, 0) is 25.3 Å².